The molecule has 0 spiro atoms. The van der Waals surface area contributed by atoms with Crippen molar-refractivity contribution in [2.45, 2.75) is 12.5 Å². The van der Waals surface area contributed by atoms with Gasteiger partial charge in [0.25, 0.3) is 0 Å². The summed E-state index contributed by atoms with van der Waals surface area (Å²) >= 11 is 1.72. The van der Waals surface area contributed by atoms with Crippen LogP contribution in [-0.4, -0.2) is 18.0 Å². The van der Waals surface area contributed by atoms with Gasteiger partial charge in [-0.1, -0.05) is 18.2 Å². The predicted molar refractivity (Wildman–Crippen MR) is 44.2 cm³/mol. The smallest absolute Gasteiger partial charge is 0.134 e. The van der Waals surface area contributed by atoms with E-state index in [1.54, 1.807) is 11.8 Å². The molecular formula is C8H9NS. The van der Waals surface area contributed by atoms with Crippen LogP contribution in [0.5, 0.6) is 0 Å². The van der Waals surface area contributed by atoms with E-state index in [-0.39, 0.29) is 0 Å². The number of fused-ring (bicyclic) bond motifs is 1. The van der Waals surface area contributed by atoms with Gasteiger partial charge in [0.05, 0.1) is 0 Å². The van der Waals surface area contributed by atoms with Gasteiger partial charge in [0.2, 0.25) is 0 Å². The zero-order valence-corrected chi connectivity index (χ0v) is 6.69. The summed E-state index contributed by atoms with van der Waals surface area (Å²) in [4.78, 5) is 3.59. The summed E-state index contributed by atoms with van der Waals surface area (Å²) in [5.41, 5.74) is 0. The number of allylic oxidation sites excluding steroid dienone is 2. The molecule has 0 N–H and O–H groups in total. The molecule has 1 aliphatic heterocycles. The first kappa shape index (κ1) is 6.50. The van der Waals surface area contributed by atoms with Crippen LogP contribution >= 0.6 is 11.8 Å². The molecule has 1 fully saturated rings. The minimum Gasteiger partial charge on any atom is -0.279 e. The molecule has 1 nitrogen and oxygen atoms in total. The Morgan fingerprint density at radius 3 is 3.50 bits per heavy atom. The Morgan fingerprint density at radius 2 is 2.70 bits per heavy atom. The minimum absolute atomic E-state index is 0.593. The lowest BCUT2D eigenvalue weighted by Crippen LogP contribution is -2.23. The molecule has 1 unspecified atom stereocenters. The van der Waals surface area contributed by atoms with Crippen LogP contribution in [-0.2, 0) is 0 Å². The Balaban J connectivity index is 2.23. The first-order chi connectivity index (χ1) is 4.88. The van der Waals surface area contributed by atoms with Crippen LogP contribution in [0.3, 0.4) is 0 Å². The number of nitrogens with zero attached hydrogens (tertiary/aromatic N) is 1. The molecule has 0 aromatic carbocycles. The largest absolute Gasteiger partial charge is 0.279 e. The molecule has 10 heavy (non-hydrogen) atoms. The van der Waals surface area contributed by atoms with E-state index in [9.17, 15) is 0 Å². The van der Waals surface area contributed by atoms with Crippen molar-refractivity contribution in [2.75, 3.05) is 7.05 Å². The lowest BCUT2D eigenvalue weighted by Gasteiger charge is -2.18. The van der Waals surface area contributed by atoms with E-state index in [1.165, 1.54) is 4.91 Å². The summed E-state index contributed by atoms with van der Waals surface area (Å²) in [7, 11) is 2.08. The van der Waals surface area contributed by atoms with Gasteiger partial charge >= 0.3 is 0 Å². The maximum absolute atomic E-state index is 3.20. The molecule has 2 radical (unpaired) electrons. The van der Waals surface area contributed by atoms with Crippen molar-refractivity contribution in [1.82, 2.24) is 4.90 Å². The summed E-state index contributed by atoms with van der Waals surface area (Å²) in [6, 6.07) is 0.593. The van der Waals surface area contributed by atoms with Crippen molar-refractivity contribution in [3.63, 3.8) is 0 Å². The lowest BCUT2D eigenvalue weighted by molar-refractivity contribution is 0.378. The van der Waals surface area contributed by atoms with Crippen molar-refractivity contribution >= 4 is 11.8 Å². The van der Waals surface area contributed by atoms with Crippen LogP contribution in [0.1, 0.15) is 6.42 Å². The van der Waals surface area contributed by atoms with Crippen LogP contribution in [0.2, 0.25) is 0 Å². The van der Waals surface area contributed by atoms with Crippen molar-refractivity contribution < 1.29 is 0 Å². The molecule has 0 amide bonds. The fourth-order valence-electron chi connectivity index (χ4n) is 1.24. The van der Waals surface area contributed by atoms with Gasteiger partial charge in [0.1, 0.15) is 5.88 Å². The summed E-state index contributed by atoms with van der Waals surface area (Å²) in [6.45, 7) is 0. The molecule has 1 atom stereocenters. The third kappa shape index (κ3) is 0.917. The third-order valence-electron chi connectivity index (χ3n) is 1.86. The minimum atomic E-state index is 0.593. The monoisotopic (exact) mass is 151 g/mol. The van der Waals surface area contributed by atoms with E-state index in [4.69, 9.17) is 0 Å². The van der Waals surface area contributed by atoms with E-state index in [2.05, 4.69) is 36.1 Å². The molecule has 0 bridgehead atoms. The Morgan fingerprint density at radius 1 is 1.80 bits per heavy atom. The molecule has 2 aliphatic rings. The topological polar surface area (TPSA) is 3.24 Å². The van der Waals surface area contributed by atoms with Gasteiger partial charge in [-0.05, 0) is 13.5 Å². The van der Waals surface area contributed by atoms with E-state index in [1.807, 2.05) is 0 Å². The number of thioether (sulfide) groups is 1. The average molecular weight is 151 g/mol. The maximum Gasteiger partial charge on any atom is 0.134 e. The highest BCUT2D eigenvalue weighted by Gasteiger charge is 2.27. The lowest BCUT2D eigenvalue weighted by atomic mass is 10.1. The second-order valence-electron chi connectivity index (χ2n) is 2.55. The summed E-state index contributed by atoms with van der Waals surface area (Å²) in [5, 5.41) is 0. The van der Waals surface area contributed by atoms with Gasteiger partial charge in [0.15, 0.2) is 0 Å². The summed E-state index contributed by atoms with van der Waals surface area (Å²) in [6.07, 6.45) is 7.65. The Labute approximate surface area is 65.8 Å². The fraction of sp³-hybridized carbons (Fsp3) is 0.375. The highest BCUT2D eigenvalue weighted by molar-refractivity contribution is 8.05. The first-order valence-corrected chi connectivity index (χ1v) is 4.21. The highest BCUT2D eigenvalue weighted by Crippen LogP contribution is 2.38. The van der Waals surface area contributed by atoms with E-state index in [0.29, 0.717) is 6.04 Å². The zero-order valence-electron chi connectivity index (χ0n) is 5.87. The standard InChI is InChI=1S/C8H9NS/c1-9-6-10-8-5-3-2-4-7(8)9/h2-3,5,7H,4H2,1H3. The molecule has 2 heteroatoms. The second-order valence-corrected chi connectivity index (χ2v) is 3.41. The van der Waals surface area contributed by atoms with Gasteiger partial charge in [-0.15, -0.1) is 11.8 Å². The number of likely N-dealkylation sites (N-methyl/N-ethyl adjacent to an activating group) is 1. The molecule has 0 saturated carbocycles. The van der Waals surface area contributed by atoms with E-state index in [0.717, 1.165) is 6.42 Å². The SMILES string of the molecule is CN1[C]SC2=CC=CCC21. The highest BCUT2D eigenvalue weighted by atomic mass is 32.2. The van der Waals surface area contributed by atoms with Gasteiger partial charge in [-0.2, -0.15) is 0 Å². The van der Waals surface area contributed by atoms with Gasteiger partial charge in [-0.25, -0.2) is 0 Å². The quantitative estimate of drug-likeness (QED) is 0.520. The van der Waals surface area contributed by atoms with Gasteiger partial charge in [0, 0.05) is 10.9 Å². The molecule has 1 heterocycles. The van der Waals surface area contributed by atoms with Crippen LogP contribution in [0, 0.1) is 5.88 Å². The molecule has 2 rings (SSSR count). The first-order valence-electron chi connectivity index (χ1n) is 3.40. The molecule has 0 aromatic rings. The zero-order chi connectivity index (χ0) is 6.97. The van der Waals surface area contributed by atoms with Crippen LogP contribution in [0.4, 0.5) is 0 Å². The number of rotatable bonds is 0. The van der Waals surface area contributed by atoms with Crippen molar-refractivity contribution in [3.05, 3.63) is 29.0 Å². The Bertz CT molecular complexity index is 195. The molecule has 0 aromatic heterocycles. The molecule has 1 aliphatic carbocycles. The number of hydrogen-bond acceptors (Lipinski definition) is 2. The second kappa shape index (κ2) is 2.44. The molecule has 52 valence electrons. The van der Waals surface area contributed by atoms with Crippen molar-refractivity contribution in [1.29, 1.82) is 0 Å². The molecular weight excluding hydrogens is 142 g/mol. The third-order valence-corrected chi connectivity index (χ3v) is 2.88. The predicted octanol–water partition coefficient (Wildman–Crippen LogP) is 1.87. The Hall–Kier alpha value is -0.210. The average Bonchev–Trinajstić information content (AvgIpc) is 2.34. The molecule has 1 saturated heterocycles. The number of hydrogen-bond donors (Lipinski definition) is 0. The normalized spacial score (nSPS) is 32.1. The maximum atomic E-state index is 3.20. The fourth-order valence-corrected chi connectivity index (χ4v) is 2.15. The summed E-state index contributed by atoms with van der Waals surface area (Å²) in [5.74, 6) is 3.20. The van der Waals surface area contributed by atoms with Crippen molar-refractivity contribution in [3.8, 4) is 0 Å². The van der Waals surface area contributed by atoms with Crippen molar-refractivity contribution in [2.24, 2.45) is 0 Å². The van der Waals surface area contributed by atoms with Crippen LogP contribution < -0.4 is 0 Å². The van der Waals surface area contributed by atoms with Gasteiger partial charge < -0.3 is 0 Å². The van der Waals surface area contributed by atoms with Crippen LogP contribution in [0.15, 0.2) is 23.1 Å². The Kier molecular flexibility index (Phi) is 1.58. The summed E-state index contributed by atoms with van der Waals surface area (Å²) < 4.78 is 0. The van der Waals surface area contributed by atoms with E-state index >= 15 is 0 Å². The van der Waals surface area contributed by atoms with Crippen LogP contribution in [0.25, 0.3) is 0 Å². The van der Waals surface area contributed by atoms with E-state index < -0.39 is 0 Å². The van der Waals surface area contributed by atoms with Gasteiger partial charge in [-0.3, -0.25) is 4.90 Å².